The molecule has 12 rings (SSSR count). The molecule has 0 fully saturated rings. The summed E-state index contributed by atoms with van der Waals surface area (Å²) in [6, 6.07) is 75.9. The third-order valence-electron chi connectivity index (χ3n) is 11.8. The highest BCUT2D eigenvalue weighted by atomic mass is 16.3. The van der Waals surface area contributed by atoms with Gasteiger partial charge in [0.1, 0.15) is 22.3 Å². The Hall–Kier alpha value is -7.88. The fourth-order valence-corrected chi connectivity index (χ4v) is 9.12. The van der Waals surface area contributed by atoms with Gasteiger partial charge in [-0.05, 0) is 116 Å². The first-order valence-electron chi connectivity index (χ1n) is 20.1. The average Bonchev–Trinajstić information content (AvgIpc) is 3.88. The molecule has 0 spiro atoms. The van der Waals surface area contributed by atoms with Crippen molar-refractivity contribution in [2.75, 3.05) is 4.90 Å². The fraction of sp³-hybridized carbons (Fsp3) is 0. The predicted octanol–water partition coefficient (Wildman–Crippen LogP) is 16.3. The van der Waals surface area contributed by atoms with E-state index in [1.807, 2.05) is 18.2 Å². The van der Waals surface area contributed by atoms with E-state index in [9.17, 15) is 0 Å². The van der Waals surface area contributed by atoms with Crippen LogP contribution in [0.4, 0.5) is 17.1 Å². The number of rotatable bonds is 6. The summed E-state index contributed by atoms with van der Waals surface area (Å²) >= 11 is 0. The number of anilines is 3. The molecule has 0 N–H and O–H groups in total. The molecule has 3 nitrogen and oxygen atoms in total. The van der Waals surface area contributed by atoms with Gasteiger partial charge in [-0.15, -0.1) is 0 Å². The van der Waals surface area contributed by atoms with Crippen molar-refractivity contribution in [2.45, 2.75) is 0 Å². The second-order valence-corrected chi connectivity index (χ2v) is 15.2. The van der Waals surface area contributed by atoms with Crippen LogP contribution in [0.3, 0.4) is 0 Å². The summed E-state index contributed by atoms with van der Waals surface area (Å²) in [4.78, 5) is 2.42. The molecule has 0 saturated heterocycles. The molecule has 10 aromatic carbocycles. The largest absolute Gasteiger partial charge is 0.456 e. The zero-order valence-electron chi connectivity index (χ0n) is 32.0. The summed E-state index contributed by atoms with van der Waals surface area (Å²) in [7, 11) is 0. The van der Waals surface area contributed by atoms with E-state index in [-0.39, 0.29) is 0 Å². The molecule has 0 aliphatic carbocycles. The van der Waals surface area contributed by atoms with E-state index in [2.05, 4.69) is 199 Å². The van der Waals surface area contributed by atoms with Crippen molar-refractivity contribution >= 4 is 82.5 Å². The Balaban J connectivity index is 1.14. The molecule has 2 heterocycles. The van der Waals surface area contributed by atoms with Crippen LogP contribution < -0.4 is 4.90 Å². The Kier molecular flexibility index (Phi) is 7.54. The highest BCUT2D eigenvalue weighted by Crippen LogP contribution is 2.50. The predicted molar refractivity (Wildman–Crippen MR) is 247 cm³/mol. The molecule has 0 unspecified atom stereocenters. The second-order valence-electron chi connectivity index (χ2n) is 15.2. The summed E-state index contributed by atoms with van der Waals surface area (Å²) < 4.78 is 13.0. The number of nitrogens with zero attached hydrogens (tertiary/aromatic N) is 1. The first kappa shape index (κ1) is 33.3. The highest BCUT2D eigenvalue weighted by Gasteiger charge is 2.25. The van der Waals surface area contributed by atoms with Crippen LogP contribution in [0.1, 0.15) is 0 Å². The average molecular weight is 754 g/mol. The van der Waals surface area contributed by atoms with E-state index >= 15 is 0 Å². The number of hydrogen-bond acceptors (Lipinski definition) is 3. The van der Waals surface area contributed by atoms with Crippen LogP contribution in [0, 0.1) is 0 Å². The Morgan fingerprint density at radius 1 is 0.305 bits per heavy atom. The first-order chi connectivity index (χ1) is 29.2. The van der Waals surface area contributed by atoms with Crippen molar-refractivity contribution in [3.63, 3.8) is 0 Å². The molecule has 12 aromatic rings. The quantitative estimate of drug-likeness (QED) is 0.158. The van der Waals surface area contributed by atoms with Crippen molar-refractivity contribution in [2.24, 2.45) is 0 Å². The number of para-hydroxylation sites is 2. The highest BCUT2D eigenvalue weighted by molar-refractivity contribution is 6.22. The van der Waals surface area contributed by atoms with Crippen molar-refractivity contribution in [1.29, 1.82) is 0 Å². The summed E-state index contributed by atoms with van der Waals surface area (Å²) in [6.45, 7) is 0. The number of fused-ring (bicyclic) bond motifs is 9. The van der Waals surface area contributed by atoms with E-state index in [0.717, 1.165) is 83.2 Å². The van der Waals surface area contributed by atoms with Crippen LogP contribution >= 0.6 is 0 Å². The Labute approximate surface area is 340 Å². The SMILES string of the molecule is c1ccc(-c2ccc(N(c3cccc(-c4ccc5c(c4)oc4ccccc45)c3)c3ccc4oc5ccccc5c4c3-c3cc4ccccc4c4ccccc34)cc2)cc1. The van der Waals surface area contributed by atoms with E-state index < -0.39 is 0 Å². The molecule has 0 atom stereocenters. The summed E-state index contributed by atoms with van der Waals surface area (Å²) in [5.41, 5.74) is 13.5. The van der Waals surface area contributed by atoms with Gasteiger partial charge in [0.2, 0.25) is 0 Å². The molecule has 0 aliphatic rings. The van der Waals surface area contributed by atoms with Gasteiger partial charge in [0.15, 0.2) is 0 Å². The standard InChI is InChI=1S/C56H35NO2/c1-2-13-36(14-3-1)37-25-28-41(29-26-37)57(42-17-12-16-38(33-42)39-27-30-47-46-21-8-10-23-51(46)59-54(47)35-39)50-31-32-53-56(48-22-9-11-24-52(48)58-53)55(50)49-34-40-15-4-5-18-43(40)44-19-6-7-20-45(44)49/h1-35H. The summed E-state index contributed by atoms with van der Waals surface area (Å²) in [5.74, 6) is 0. The monoisotopic (exact) mass is 753 g/mol. The Bertz CT molecular complexity index is 3560. The van der Waals surface area contributed by atoms with E-state index in [4.69, 9.17) is 8.83 Å². The van der Waals surface area contributed by atoms with Crippen molar-refractivity contribution in [1.82, 2.24) is 0 Å². The lowest BCUT2D eigenvalue weighted by Crippen LogP contribution is -2.11. The third-order valence-corrected chi connectivity index (χ3v) is 11.8. The van der Waals surface area contributed by atoms with Gasteiger partial charge in [-0.2, -0.15) is 0 Å². The molecule has 0 bridgehead atoms. The fourth-order valence-electron chi connectivity index (χ4n) is 9.12. The maximum Gasteiger partial charge on any atom is 0.136 e. The number of hydrogen-bond donors (Lipinski definition) is 0. The topological polar surface area (TPSA) is 29.5 Å². The zero-order valence-corrected chi connectivity index (χ0v) is 32.0. The Morgan fingerprint density at radius 2 is 0.898 bits per heavy atom. The summed E-state index contributed by atoms with van der Waals surface area (Å²) in [6.07, 6.45) is 0. The van der Waals surface area contributed by atoms with E-state index in [0.29, 0.717) is 0 Å². The van der Waals surface area contributed by atoms with Gasteiger partial charge in [0.25, 0.3) is 0 Å². The van der Waals surface area contributed by atoms with E-state index in [1.165, 1.54) is 32.7 Å². The molecular formula is C56H35NO2. The number of furan rings is 2. The van der Waals surface area contributed by atoms with Crippen LogP contribution in [0.5, 0.6) is 0 Å². The summed E-state index contributed by atoms with van der Waals surface area (Å²) in [5, 5.41) is 9.27. The minimum Gasteiger partial charge on any atom is -0.456 e. The molecule has 0 amide bonds. The van der Waals surface area contributed by atoms with E-state index in [1.54, 1.807) is 0 Å². The Morgan fingerprint density at radius 3 is 1.73 bits per heavy atom. The maximum absolute atomic E-state index is 6.63. The first-order valence-corrected chi connectivity index (χ1v) is 20.1. The smallest absolute Gasteiger partial charge is 0.136 e. The van der Waals surface area contributed by atoms with Crippen LogP contribution in [-0.2, 0) is 0 Å². The lowest BCUT2D eigenvalue weighted by atomic mass is 9.89. The van der Waals surface area contributed by atoms with Gasteiger partial charge < -0.3 is 13.7 Å². The van der Waals surface area contributed by atoms with Gasteiger partial charge in [0.05, 0.1) is 5.69 Å². The molecule has 0 saturated carbocycles. The van der Waals surface area contributed by atoms with Gasteiger partial charge in [0, 0.05) is 38.5 Å². The van der Waals surface area contributed by atoms with Crippen LogP contribution in [0.15, 0.2) is 221 Å². The zero-order chi connectivity index (χ0) is 38.9. The molecule has 0 radical (unpaired) electrons. The van der Waals surface area contributed by atoms with Gasteiger partial charge >= 0.3 is 0 Å². The van der Waals surface area contributed by atoms with Gasteiger partial charge in [-0.1, -0.05) is 146 Å². The minimum atomic E-state index is 0.856. The molecule has 2 aromatic heterocycles. The van der Waals surface area contributed by atoms with Gasteiger partial charge in [-0.25, -0.2) is 0 Å². The van der Waals surface area contributed by atoms with Crippen molar-refractivity contribution < 1.29 is 8.83 Å². The van der Waals surface area contributed by atoms with Crippen molar-refractivity contribution in [3.8, 4) is 33.4 Å². The number of benzene rings is 10. The normalized spacial score (nSPS) is 11.7. The van der Waals surface area contributed by atoms with Gasteiger partial charge in [-0.3, -0.25) is 0 Å². The lowest BCUT2D eigenvalue weighted by molar-refractivity contribution is 0.668. The van der Waals surface area contributed by atoms with Crippen LogP contribution in [0.2, 0.25) is 0 Å². The maximum atomic E-state index is 6.63. The molecule has 3 heteroatoms. The van der Waals surface area contributed by atoms with Crippen LogP contribution in [-0.4, -0.2) is 0 Å². The molecule has 276 valence electrons. The molecule has 59 heavy (non-hydrogen) atoms. The third kappa shape index (κ3) is 5.44. The van der Waals surface area contributed by atoms with Crippen molar-refractivity contribution in [3.05, 3.63) is 212 Å². The molecular weight excluding hydrogens is 719 g/mol. The molecule has 0 aliphatic heterocycles. The lowest BCUT2D eigenvalue weighted by Gasteiger charge is -2.29. The second kappa shape index (κ2) is 13.4. The minimum absolute atomic E-state index is 0.856. The van der Waals surface area contributed by atoms with Crippen LogP contribution in [0.25, 0.3) is 98.8 Å².